The van der Waals surface area contributed by atoms with Crippen molar-refractivity contribution in [1.29, 1.82) is 0 Å². The fraction of sp³-hybridized carbons (Fsp3) is 0.688. The van der Waals surface area contributed by atoms with E-state index in [0.29, 0.717) is 29.3 Å². The van der Waals surface area contributed by atoms with Crippen LogP contribution in [0.2, 0.25) is 0 Å². The fourth-order valence-electron chi connectivity index (χ4n) is 2.52. The molecule has 1 fully saturated rings. The van der Waals surface area contributed by atoms with Gasteiger partial charge in [-0.05, 0) is 36.8 Å². The van der Waals surface area contributed by atoms with Gasteiger partial charge in [0.05, 0.1) is 12.3 Å². The van der Waals surface area contributed by atoms with Gasteiger partial charge in [-0.15, -0.1) is 11.8 Å². The van der Waals surface area contributed by atoms with E-state index < -0.39 is 0 Å². The van der Waals surface area contributed by atoms with Crippen LogP contribution >= 0.6 is 11.8 Å². The Morgan fingerprint density at radius 3 is 2.90 bits per heavy atom. The predicted octanol–water partition coefficient (Wildman–Crippen LogP) is 4.37. The number of hydrogen-bond acceptors (Lipinski definition) is 4. The molecule has 0 radical (unpaired) electrons. The predicted molar refractivity (Wildman–Crippen MR) is 86.3 cm³/mol. The maximum atomic E-state index is 5.93. The van der Waals surface area contributed by atoms with Crippen molar-refractivity contribution in [1.82, 2.24) is 4.98 Å². The van der Waals surface area contributed by atoms with Crippen LogP contribution in [0.1, 0.15) is 46.5 Å². The molecule has 1 heterocycles. The minimum atomic E-state index is 0.478. The van der Waals surface area contributed by atoms with Crippen molar-refractivity contribution in [2.45, 2.75) is 56.7 Å². The van der Waals surface area contributed by atoms with E-state index in [2.05, 4.69) is 25.8 Å². The van der Waals surface area contributed by atoms with Crippen LogP contribution in [-0.2, 0) is 0 Å². The molecule has 20 heavy (non-hydrogen) atoms. The Kier molecular flexibility index (Phi) is 5.58. The zero-order chi connectivity index (χ0) is 14.5. The van der Waals surface area contributed by atoms with E-state index in [4.69, 9.17) is 10.5 Å². The molecule has 3 nitrogen and oxygen atoms in total. The molecule has 4 heteroatoms. The van der Waals surface area contributed by atoms with E-state index in [9.17, 15) is 0 Å². The summed E-state index contributed by atoms with van der Waals surface area (Å²) in [4.78, 5) is 4.58. The van der Waals surface area contributed by atoms with Gasteiger partial charge in [-0.2, -0.15) is 0 Å². The van der Waals surface area contributed by atoms with E-state index in [1.807, 2.05) is 23.9 Å². The minimum Gasteiger partial charge on any atom is -0.476 e. The third-order valence-corrected chi connectivity index (χ3v) is 4.82. The number of pyridine rings is 1. The summed E-state index contributed by atoms with van der Waals surface area (Å²) in [5.74, 6) is 1.91. The van der Waals surface area contributed by atoms with Crippen molar-refractivity contribution >= 4 is 17.4 Å². The number of aromatic nitrogens is 1. The molecule has 0 bridgehead atoms. The average Bonchev–Trinajstić information content (AvgIpc) is 2.39. The van der Waals surface area contributed by atoms with E-state index in [0.717, 1.165) is 10.9 Å². The largest absolute Gasteiger partial charge is 0.476 e. The molecule has 1 aliphatic carbocycles. The molecule has 0 aromatic carbocycles. The summed E-state index contributed by atoms with van der Waals surface area (Å²) in [5.41, 5.74) is 6.57. The van der Waals surface area contributed by atoms with Gasteiger partial charge >= 0.3 is 0 Å². The second kappa shape index (κ2) is 7.21. The summed E-state index contributed by atoms with van der Waals surface area (Å²) in [5, 5.41) is 1.73. The second-order valence-corrected chi connectivity index (χ2v) is 7.58. The number of ether oxygens (including phenoxy) is 1. The molecule has 0 amide bonds. The lowest BCUT2D eigenvalue weighted by Gasteiger charge is -2.25. The zero-order valence-electron chi connectivity index (χ0n) is 12.8. The number of nitrogens with two attached hydrogens (primary N) is 1. The van der Waals surface area contributed by atoms with Gasteiger partial charge in [-0.3, -0.25) is 0 Å². The SMILES string of the molecule is CC(C)COc1nc(SC2CCCC(C)C2)ccc1N. The van der Waals surface area contributed by atoms with Gasteiger partial charge < -0.3 is 10.5 Å². The molecule has 2 N–H and O–H groups in total. The number of rotatable bonds is 5. The molecular weight excluding hydrogens is 268 g/mol. The van der Waals surface area contributed by atoms with Gasteiger partial charge in [0.1, 0.15) is 5.03 Å². The van der Waals surface area contributed by atoms with E-state index in [1.54, 1.807) is 0 Å². The van der Waals surface area contributed by atoms with Crippen LogP contribution in [0.3, 0.4) is 0 Å². The van der Waals surface area contributed by atoms with Crippen molar-refractivity contribution < 1.29 is 4.74 Å². The first-order chi connectivity index (χ1) is 9.54. The molecule has 112 valence electrons. The number of hydrogen-bond donors (Lipinski definition) is 1. The van der Waals surface area contributed by atoms with E-state index in [1.165, 1.54) is 25.7 Å². The molecule has 1 aliphatic rings. The quantitative estimate of drug-likeness (QED) is 0.876. The van der Waals surface area contributed by atoms with Crippen molar-refractivity contribution in [3.63, 3.8) is 0 Å². The Morgan fingerprint density at radius 2 is 2.20 bits per heavy atom. The molecule has 0 aliphatic heterocycles. The third-order valence-electron chi connectivity index (χ3n) is 3.59. The molecule has 1 saturated carbocycles. The van der Waals surface area contributed by atoms with Crippen molar-refractivity contribution in [3.8, 4) is 5.88 Å². The monoisotopic (exact) mass is 294 g/mol. The maximum absolute atomic E-state index is 5.93. The van der Waals surface area contributed by atoms with Gasteiger partial charge in [0.2, 0.25) is 5.88 Å². The molecule has 1 aromatic heterocycles. The van der Waals surface area contributed by atoms with Crippen LogP contribution in [0.4, 0.5) is 5.69 Å². The topological polar surface area (TPSA) is 48.1 Å². The standard InChI is InChI=1S/C16H26N2OS/c1-11(2)10-19-16-14(17)7-8-15(18-16)20-13-6-4-5-12(3)9-13/h7-8,11-13H,4-6,9-10,17H2,1-3H3. The molecule has 0 spiro atoms. The number of thioether (sulfide) groups is 1. The highest BCUT2D eigenvalue weighted by atomic mass is 32.2. The van der Waals surface area contributed by atoms with Crippen LogP contribution < -0.4 is 10.5 Å². The van der Waals surface area contributed by atoms with Crippen LogP contribution in [0, 0.1) is 11.8 Å². The highest BCUT2D eigenvalue weighted by molar-refractivity contribution is 7.99. The van der Waals surface area contributed by atoms with Gasteiger partial charge in [-0.25, -0.2) is 4.98 Å². The normalized spacial score (nSPS) is 23.0. The summed E-state index contributed by atoms with van der Waals surface area (Å²) in [7, 11) is 0. The van der Waals surface area contributed by atoms with Gasteiger partial charge in [0.25, 0.3) is 0 Å². The summed E-state index contributed by atoms with van der Waals surface area (Å²) in [6.07, 6.45) is 5.29. The minimum absolute atomic E-state index is 0.478. The van der Waals surface area contributed by atoms with Gasteiger partial charge in [0, 0.05) is 5.25 Å². The highest BCUT2D eigenvalue weighted by Crippen LogP contribution is 2.36. The van der Waals surface area contributed by atoms with Crippen molar-refractivity contribution in [2.75, 3.05) is 12.3 Å². The van der Waals surface area contributed by atoms with Gasteiger partial charge in [0.15, 0.2) is 0 Å². The first-order valence-corrected chi connectivity index (χ1v) is 8.48. The number of anilines is 1. The fourth-order valence-corrected chi connectivity index (χ4v) is 3.85. The number of nitrogen functional groups attached to an aromatic ring is 1. The van der Waals surface area contributed by atoms with Crippen LogP contribution in [-0.4, -0.2) is 16.8 Å². The molecular formula is C16H26N2OS. The third kappa shape index (κ3) is 4.58. The summed E-state index contributed by atoms with van der Waals surface area (Å²) in [6.45, 7) is 7.25. The van der Waals surface area contributed by atoms with E-state index in [-0.39, 0.29) is 0 Å². The maximum Gasteiger partial charge on any atom is 0.238 e. The lowest BCUT2D eigenvalue weighted by Crippen LogP contribution is -2.15. The van der Waals surface area contributed by atoms with Crippen LogP contribution in [0.15, 0.2) is 17.2 Å². The zero-order valence-corrected chi connectivity index (χ0v) is 13.6. The lowest BCUT2D eigenvalue weighted by atomic mass is 9.91. The lowest BCUT2D eigenvalue weighted by molar-refractivity contribution is 0.261. The molecule has 2 unspecified atom stereocenters. The summed E-state index contributed by atoms with van der Waals surface area (Å²) < 4.78 is 5.70. The molecule has 1 aromatic rings. The molecule has 0 saturated heterocycles. The second-order valence-electron chi connectivity index (χ2n) is 6.26. The Morgan fingerprint density at radius 1 is 1.40 bits per heavy atom. The summed E-state index contributed by atoms with van der Waals surface area (Å²) >= 11 is 1.88. The first-order valence-electron chi connectivity index (χ1n) is 7.60. The highest BCUT2D eigenvalue weighted by Gasteiger charge is 2.20. The average molecular weight is 294 g/mol. The van der Waals surface area contributed by atoms with Crippen molar-refractivity contribution in [3.05, 3.63) is 12.1 Å². The van der Waals surface area contributed by atoms with E-state index >= 15 is 0 Å². The van der Waals surface area contributed by atoms with Crippen molar-refractivity contribution in [2.24, 2.45) is 11.8 Å². The first kappa shape index (κ1) is 15.5. The van der Waals surface area contributed by atoms with Crippen LogP contribution in [0.5, 0.6) is 5.88 Å². The summed E-state index contributed by atoms with van der Waals surface area (Å²) in [6, 6.07) is 3.93. The Hall–Kier alpha value is -0.900. The Labute approximate surface area is 126 Å². The number of nitrogens with zero attached hydrogens (tertiary/aromatic N) is 1. The Bertz CT molecular complexity index is 436. The Balaban J connectivity index is 1.99. The smallest absolute Gasteiger partial charge is 0.238 e. The van der Waals surface area contributed by atoms with Crippen LogP contribution in [0.25, 0.3) is 0 Å². The van der Waals surface area contributed by atoms with Gasteiger partial charge in [-0.1, -0.05) is 33.6 Å². The molecule has 2 rings (SSSR count). The molecule has 2 atom stereocenters.